The fraction of sp³-hybridized carbons (Fsp3) is 0.250. The summed E-state index contributed by atoms with van der Waals surface area (Å²) in [5.74, 6) is 0.812. The number of hydrogen-bond donors (Lipinski definition) is 0. The summed E-state index contributed by atoms with van der Waals surface area (Å²) in [6, 6.07) is 7.82. The lowest BCUT2D eigenvalue weighted by atomic mass is 10.1. The maximum atomic E-state index is 6.05. The van der Waals surface area contributed by atoms with Crippen LogP contribution in [0.5, 0.6) is 5.75 Å². The normalized spacial score (nSPS) is 10.5. The van der Waals surface area contributed by atoms with Gasteiger partial charge in [-0.2, -0.15) is 0 Å². The smallest absolute Gasteiger partial charge is 0.140 e. The first-order chi connectivity index (χ1) is 7.33. The van der Waals surface area contributed by atoms with Gasteiger partial charge in [0.15, 0.2) is 0 Å². The van der Waals surface area contributed by atoms with Gasteiger partial charge in [0, 0.05) is 6.20 Å². The van der Waals surface area contributed by atoms with E-state index in [9.17, 15) is 0 Å². The van der Waals surface area contributed by atoms with E-state index in [4.69, 9.17) is 16.3 Å². The minimum Gasteiger partial charge on any atom is -0.493 e. The largest absolute Gasteiger partial charge is 0.493 e. The molecular formula is C12H12ClNO. The zero-order valence-corrected chi connectivity index (χ0v) is 9.29. The van der Waals surface area contributed by atoms with E-state index in [0.29, 0.717) is 11.8 Å². The second kappa shape index (κ2) is 4.49. The molecule has 0 spiro atoms. The topological polar surface area (TPSA) is 22.1 Å². The van der Waals surface area contributed by atoms with E-state index < -0.39 is 0 Å². The van der Waals surface area contributed by atoms with Crippen molar-refractivity contribution < 1.29 is 4.74 Å². The average molecular weight is 222 g/mol. The molecule has 0 amide bonds. The minimum absolute atomic E-state index is 0.499. The predicted octanol–water partition coefficient (Wildman–Crippen LogP) is 3.68. The second-order valence-electron chi connectivity index (χ2n) is 3.30. The maximum absolute atomic E-state index is 6.05. The Labute approximate surface area is 93.8 Å². The lowest BCUT2D eigenvalue weighted by Crippen LogP contribution is -1.96. The molecule has 1 aromatic carbocycles. The van der Waals surface area contributed by atoms with Crippen LogP contribution in [0.3, 0.4) is 0 Å². The molecule has 0 aliphatic rings. The standard InChI is InChI=1S/C12H12ClNO/c1-2-8-15-10-5-3-4-9-6-7-14-12(13)11(9)10/h3-7H,2,8H2,1H3. The van der Waals surface area contributed by atoms with Crippen LogP contribution >= 0.6 is 11.6 Å². The molecule has 0 atom stereocenters. The highest BCUT2D eigenvalue weighted by molar-refractivity contribution is 6.34. The molecule has 2 rings (SSSR count). The highest BCUT2D eigenvalue weighted by Gasteiger charge is 2.06. The van der Waals surface area contributed by atoms with Crippen molar-refractivity contribution in [2.75, 3.05) is 6.61 Å². The molecule has 78 valence electrons. The Morgan fingerprint density at radius 3 is 3.00 bits per heavy atom. The summed E-state index contributed by atoms with van der Waals surface area (Å²) < 4.78 is 5.62. The zero-order chi connectivity index (χ0) is 10.7. The van der Waals surface area contributed by atoms with E-state index >= 15 is 0 Å². The molecule has 15 heavy (non-hydrogen) atoms. The summed E-state index contributed by atoms with van der Waals surface area (Å²) >= 11 is 6.05. The molecule has 0 radical (unpaired) electrons. The van der Waals surface area contributed by atoms with Crippen molar-refractivity contribution >= 4 is 22.4 Å². The van der Waals surface area contributed by atoms with Crippen molar-refractivity contribution in [3.63, 3.8) is 0 Å². The summed E-state index contributed by atoms with van der Waals surface area (Å²) in [5.41, 5.74) is 0. The SMILES string of the molecule is CCCOc1cccc2ccnc(Cl)c12. The molecule has 0 saturated heterocycles. The van der Waals surface area contributed by atoms with Crippen molar-refractivity contribution in [2.45, 2.75) is 13.3 Å². The van der Waals surface area contributed by atoms with E-state index in [-0.39, 0.29) is 0 Å². The number of halogens is 1. The van der Waals surface area contributed by atoms with Crippen LogP contribution in [0.1, 0.15) is 13.3 Å². The van der Waals surface area contributed by atoms with Crippen LogP contribution in [0.2, 0.25) is 5.15 Å². The van der Waals surface area contributed by atoms with Crippen LogP contribution in [0, 0.1) is 0 Å². The Hall–Kier alpha value is -1.28. The van der Waals surface area contributed by atoms with E-state index in [0.717, 1.165) is 22.9 Å². The molecule has 0 unspecified atom stereocenters. The minimum atomic E-state index is 0.499. The summed E-state index contributed by atoms with van der Waals surface area (Å²) in [7, 11) is 0. The van der Waals surface area contributed by atoms with Crippen molar-refractivity contribution in [1.82, 2.24) is 4.98 Å². The Morgan fingerprint density at radius 2 is 2.20 bits per heavy atom. The van der Waals surface area contributed by atoms with Gasteiger partial charge in [-0.15, -0.1) is 0 Å². The first-order valence-corrected chi connectivity index (χ1v) is 5.36. The number of pyridine rings is 1. The first-order valence-electron chi connectivity index (χ1n) is 4.99. The maximum Gasteiger partial charge on any atom is 0.140 e. The van der Waals surface area contributed by atoms with E-state index in [1.807, 2.05) is 24.3 Å². The Kier molecular flexibility index (Phi) is 3.07. The zero-order valence-electron chi connectivity index (χ0n) is 8.53. The molecule has 2 aromatic rings. The van der Waals surface area contributed by atoms with Gasteiger partial charge < -0.3 is 4.74 Å². The molecule has 0 aliphatic carbocycles. The third kappa shape index (κ3) is 2.05. The molecule has 0 fully saturated rings. The van der Waals surface area contributed by atoms with E-state index in [1.54, 1.807) is 6.20 Å². The van der Waals surface area contributed by atoms with Crippen molar-refractivity contribution in [1.29, 1.82) is 0 Å². The average Bonchev–Trinajstić information content (AvgIpc) is 2.26. The van der Waals surface area contributed by atoms with Crippen LogP contribution in [-0.2, 0) is 0 Å². The van der Waals surface area contributed by atoms with Crippen LogP contribution in [-0.4, -0.2) is 11.6 Å². The third-order valence-electron chi connectivity index (χ3n) is 2.17. The van der Waals surface area contributed by atoms with E-state index in [2.05, 4.69) is 11.9 Å². The van der Waals surface area contributed by atoms with Gasteiger partial charge in [-0.05, 0) is 23.9 Å². The lowest BCUT2D eigenvalue weighted by Gasteiger charge is -2.08. The molecule has 1 heterocycles. The highest BCUT2D eigenvalue weighted by atomic mass is 35.5. The molecule has 1 aromatic heterocycles. The molecule has 0 N–H and O–H groups in total. The number of hydrogen-bond acceptors (Lipinski definition) is 2. The lowest BCUT2D eigenvalue weighted by molar-refractivity contribution is 0.321. The van der Waals surface area contributed by atoms with Gasteiger partial charge in [-0.3, -0.25) is 0 Å². The fourth-order valence-corrected chi connectivity index (χ4v) is 1.75. The molecule has 0 aliphatic heterocycles. The molecule has 0 saturated carbocycles. The van der Waals surface area contributed by atoms with E-state index in [1.165, 1.54) is 0 Å². The molecule has 2 nitrogen and oxygen atoms in total. The van der Waals surface area contributed by atoms with Crippen molar-refractivity contribution in [2.24, 2.45) is 0 Å². The molecule has 0 bridgehead atoms. The predicted molar refractivity (Wildman–Crippen MR) is 62.5 cm³/mol. The number of nitrogens with zero attached hydrogens (tertiary/aromatic N) is 1. The summed E-state index contributed by atoms with van der Waals surface area (Å²) in [5, 5.41) is 2.46. The monoisotopic (exact) mass is 221 g/mol. The van der Waals surface area contributed by atoms with Crippen molar-refractivity contribution in [3.8, 4) is 5.75 Å². The number of ether oxygens (including phenoxy) is 1. The van der Waals surface area contributed by atoms with Gasteiger partial charge in [0.05, 0.1) is 12.0 Å². The van der Waals surface area contributed by atoms with Gasteiger partial charge in [-0.25, -0.2) is 4.98 Å². The Morgan fingerprint density at radius 1 is 1.33 bits per heavy atom. The molecule has 3 heteroatoms. The summed E-state index contributed by atoms with van der Waals surface area (Å²) in [6.07, 6.45) is 2.68. The Bertz CT molecular complexity index is 465. The third-order valence-corrected chi connectivity index (χ3v) is 2.45. The quantitative estimate of drug-likeness (QED) is 0.738. The molecular weight excluding hydrogens is 210 g/mol. The van der Waals surface area contributed by atoms with Gasteiger partial charge in [0.25, 0.3) is 0 Å². The number of fused-ring (bicyclic) bond motifs is 1. The highest BCUT2D eigenvalue weighted by Crippen LogP contribution is 2.30. The van der Waals surface area contributed by atoms with Gasteiger partial charge >= 0.3 is 0 Å². The number of benzene rings is 1. The Balaban J connectivity index is 2.53. The van der Waals surface area contributed by atoms with Gasteiger partial charge in [0.2, 0.25) is 0 Å². The van der Waals surface area contributed by atoms with Crippen LogP contribution in [0.4, 0.5) is 0 Å². The van der Waals surface area contributed by atoms with Gasteiger partial charge in [0.1, 0.15) is 10.9 Å². The summed E-state index contributed by atoms with van der Waals surface area (Å²) in [4.78, 5) is 4.06. The van der Waals surface area contributed by atoms with Crippen LogP contribution in [0.15, 0.2) is 30.5 Å². The van der Waals surface area contributed by atoms with Crippen molar-refractivity contribution in [3.05, 3.63) is 35.6 Å². The number of aromatic nitrogens is 1. The number of rotatable bonds is 3. The van der Waals surface area contributed by atoms with Gasteiger partial charge in [-0.1, -0.05) is 30.7 Å². The van der Waals surface area contributed by atoms with Crippen LogP contribution in [0.25, 0.3) is 10.8 Å². The second-order valence-corrected chi connectivity index (χ2v) is 3.66. The first kappa shape index (κ1) is 10.2. The fourth-order valence-electron chi connectivity index (χ4n) is 1.49. The van der Waals surface area contributed by atoms with Crippen LogP contribution < -0.4 is 4.74 Å². The summed E-state index contributed by atoms with van der Waals surface area (Å²) in [6.45, 7) is 2.77.